The summed E-state index contributed by atoms with van der Waals surface area (Å²) in [5.74, 6) is 2.52. The number of pyridine rings is 1. The maximum Gasteiger partial charge on any atom is 0.193 e. The number of aliphatic imine (C=N–C) groups is 1. The Morgan fingerprint density at radius 3 is 2.80 bits per heavy atom. The monoisotopic (exact) mass is 524 g/mol. The summed E-state index contributed by atoms with van der Waals surface area (Å²) in [5, 5.41) is 3.46. The summed E-state index contributed by atoms with van der Waals surface area (Å²) in [6, 6.07) is 14.0. The average Bonchev–Trinajstić information content (AvgIpc) is 2.78. The molecule has 164 valence electrons. The number of aromatic nitrogens is 1. The number of rotatable bonds is 8. The van der Waals surface area contributed by atoms with Gasteiger partial charge in [0, 0.05) is 46.6 Å². The normalized spacial score (nSPS) is 14.7. The number of hydrogen-bond donors (Lipinski definition) is 1. The first-order valence-electron chi connectivity index (χ1n) is 10.4. The number of hydrogen-bond acceptors (Lipinski definition) is 4. The Labute approximate surface area is 197 Å². The molecule has 0 atom stereocenters. The molecule has 1 saturated heterocycles. The van der Waals surface area contributed by atoms with Crippen LogP contribution in [0.5, 0.6) is 5.75 Å². The van der Waals surface area contributed by atoms with Crippen molar-refractivity contribution < 1.29 is 9.47 Å². The van der Waals surface area contributed by atoms with Gasteiger partial charge in [0.25, 0.3) is 0 Å². The molecule has 1 aromatic heterocycles. The lowest BCUT2D eigenvalue weighted by Crippen LogP contribution is -2.39. The maximum atomic E-state index is 5.88. The third-order valence-electron chi connectivity index (χ3n) is 5.25. The Kier molecular flexibility index (Phi) is 10.9. The van der Waals surface area contributed by atoms with E-state index >= 15 is 0 Å². The lowest BCUT2D eigenvalue weighted by Gasteiger charge is -2.26. The van der Waals surface area contributed by atoms with Gasteiger partial charge in [0.15, 0.2) is 5.96 Å². The van der Waals surface area contributed by atoms with Crippen LogP contribution in [0.1, 0.15) is 30.5 Å². The van der Waals surface area contributed by atoms with E-state index in [4.69, 9.17) is 9.47 Å². The second kappa shape index (κ2) is 13.4. The largest absolute Gasteiger partial charge is 0.487 e. The summed E-state index contributed by atoms with van der Waals surface area (Å²) in [7, 11) is 3.93. The van der Waals surface area contributed by atoms with E-state index < -0.39 is 0 Å². The fourth-order valence-corrected chi connectivity index (χ4v) is 3.47. The zero-order valence-electron chi connectivity index (χ0n) is 17.9. The van der Waals surface area contributed by atoms with Crippen LogP contribution in [0.25, 0.3) is 0 Å². The first kappa shape index (κ1) is 24.4. The van der Waals surface area contributed by atoms with Gasteiger partial charge in [0.05, 0.1) is 5.69 Å². The van der Waals surface area contributed by atoms with Crippen molar-refractivity contribution in [3.63, 3.8) is 0 Å². The molecule has 6 nitrogen and oxygen atoms in total. The molecule has 0 unspecified atom stereocenters. The Hall–Kier alpha value is -1.87. The van der Waals surface area contributed by atoms with E-state index in [2.05, 4.69) is 39.4 Å². The number of ether oxygens (including phenoxy) is 2. The summed E-state index contributed by atoms with van der Waals surface area (Å²) in [6.07, 6.45) is 5.30. The van der Waals surface area contributed by atoms with Crippen molar-refractivity contribution in [3.05, 3.63) is 59.9 Å². The van der Waals surface area contributed by atoms with E-state index in [0.29, 0.717) is 13.2 Å². The van der Waals surface area contributed by atoms with Gasteiger partial charge in [-0.25, -0.2) is 0 Å². The predicted octanol–water partition coefficient (Wildman–Crippen LogP) is 4.10. The highest BCUT2D eigenvalue weighted by atomic mass is 127. The zero-order chi connectivity index (χ0) is 20.3. The van der Waals surface area contributed by atoms with Gasteiger partial charge in [-0.3, -0.25) is 9.98 Å². The average molecular weight is 524 g/mol. The van der Waals surface area contributed by atoms with Gasteiger partial charge < -0.3 is 19.7 Å². The molecule has 3 rings (SSSR count). The molecule has 0 radical (unpaired) electrons. The standard InChI is InChI=1S/C23H32N4O2.HI/c1-24-23(27(2)13-9-19-10-14-28-15-11-19)26-17-20-6-5-8-22(16-20)29-18-21-7-3-4-12-25-21;/h3-8,12,16,19H,9-11,13-15,17-18H2,1-2H3,(H,24,26);1H. The van der Waals surface area contributed by atoms with Crippen LogP contribution in [0, 0.1) is 5.92 Å². The fourth-order valence-electron chi connectivity index (χ4n) is 3.47. The van der Waals surface area contributed by atoms with Gasteiger partial charge in [-0.2, -0.15) is 0 Å². The smallest absolute Gasteiger partial charge is 0.193 e. The molecule has 1 fully saturated rings. The second-order valence-corrected chi connectivity index (χ2v) is 7.42. The summed E-state index contributed by atoms with van der Waals surface area (Å²) in [5.41, 5.74) is 2.07. The molecule has 30 heavy (non-hydrogen) atoms. The van der Waals surface area contributed by atoms with E-state index in [-0.39, 0.29) is 24.0 Å². The summed E-state index contributed by atoms with van der Waals surface area (Å²) < 4.78 is 11.3. The Morgan fingerprint density at radius 1 is 1.23 bits per heavy atom. The first-order valence-corrected chi connectivity index (χ1v) is 10.4. The number of guanidine groups is 1. The molecule has 0 saturated carbocycles. The van der Waals surface area contributed by atoms with Crippen molar-refractivity contribution in [2.45, 2.75) is 32.4 Å². The van der Waals surface area contributed by atoms with E-state index in [1.54, 1.807) is 6.20 Å². The van der Waals surface area contributed by atoms with Crippen molar-refractivity contribution in [1.29, 1.82) is 0 Å². The number of nitrogens with one attached hydrogen (secondary N) is 1. The van der Waals surface area contributed by atoms with E-state index in [1.807, 2.05) is 37.4 Å². The lowest BCUT2D eigenvalue weighted by atomic mass is 9.96. The van der Waals surface area contributed by atoms with Gasteiger partial charge in [-0.15, -0.1) is 24.0 Å². The Bertz CT molecular complexity index is 767. The molecule has 0 spiro atoms. The molecular weight excluding hydrogens is 491 g/mol. The van der Waals surface area contributed by atoms with Gasteiger partial charge >= 0.3 is 0 Å². The molecule has 2 heterocycles. The minimum Gasteiger partial charge on any atom is -0.487 e. The van der Waals surface area contributed by atoms with Crippen LogP contribution in [0.2, 0.25) is 0 Å². The maximum absolute atomic E-state index is 5.88. The quantitative estimate of drug-likeness (QED) is 0.320. The minimum absolute atomic E-state index is 0. The zero-order valence-corrected chi connectivity index (χ0v) is 20.2. The summed E-state index contributed by atoms with van der Waals surface area (Å²) in [4.78, 5) is 10.9. The van der Waals surface area contributed by atoms with Crippen molar-refractivity contribution in [2.24, 2.45) is 10.9 Å². The van der Waals surface area contributed by atoms with Crippen LogP contribution in [-0.2, 0) is 17.9 Å². The summed E-state index contributed by atoms with van der Waals surface area (Å²) >= 11 is 0. The number of halogens is 1. The van der Waals surface area contributed by atoms with Gasteiger partial charge in [-0.1, -0.05) is 18.2 Å². The van der Waals surface area contributed by atoms with Crippen LogP contribution in [0.3, 0.4) is 0 Å². The van der Waals surface area contributed by atoms with Crippen LogP contribution in [-0.4, -0.2) is 49.7 Å². The Morgan fingerprint density at radius 2 is 2.07 bits per heavy atom. The topological polar surface area (TPSA) is 59.0 Å². The van der Waals surface area contributed by atoms with E-state index in [9.17, 15) is 0 Å². The fraction of sp³-hybridized carbons (Fsp3) is 0.478. The second-order valence-electron chi connectivity index (χ2n) is 7.42. The summed E-state index contributed by atoms with van der Waals surface area (Å²) in [6.45, 7) is 3.97. The van der Waals surface area contributed by atoms with Crippen molar-refractivity contribution in [1.82, 2.24) is 15.2 Å². The molecular formula is C23H33IN4O2. The molecule has 2 aromatic rings. The van der Waals surface area contributed by atoms with Gasteiger partial charge in [-0.05, 0) is 55.0 Å². The molecule has 1 N–H and O–H groups in total. The first-order chi connectivity index (χ1) is 14.2. The van der Waals surface area contributed by atoms with Gasteiger partial charge in [0.1, 0.15) is 12.4 Å². The lowest BCUT2D eigenvalue weighted by molar-refractivity contribution is 0.0625. The third kappa shape index (κ3) is 8.10. The van der Waals surface area contributed by atoms with E-state index in [0.717, 1.165) is 48.6 Å². The molecule has 1 aromatic carbocycles. The van der Waals surface area contributed by atoms with Crippen LogP contribution in [0.15, 0.2) is 53.7 Å². The minimum atomic E-state index is 0. The highest BCUT2D eigenvalue weighted by Crippen LogP contribution is 2.18. The van der Waals surface area contributed by atoms with Crippen molar-refractivity contribution in [3.8, 4) is 5.75 Å². The third-order valence-corrected chi connectivity index (χ3v) is 5.25. The molecule has 0 amide bonds. The SMILES string of the molecule is CN=C(NCc1cccc(OCc2ccccn2)c1)N(C)CCC1CCOCC1.I. The molecule has 1 aliphatic rings. The molecule has 7 heteroatoms. The molecule has 0 aliphatic carbocycles. The van der Waals surface area contributed by atoms with Crippen LogP contribution < -0.4 is 10.1 Å². The van der Waals surface area contributed by atoms with Gasteiger partial charge in [0.2, 0.25) is 0 Å². The number of nitrogens with zero attached hydrogens (tertiary/aromatic N) is 3. The number of benzene rings is 1. The van der Waals surface area contributed by atoms with Crippen LogP contribution in [0.4, 0.5) is 0 Å². The predicted molar refractivity (Wildman–Crippen MR) is 131 cm³/mol. The van der Waals surface area contributed by atoms with E-state index in [1.165, 1.54) is 19.3 Å². The highest BCUT2D eigenvalue weighted by molar-refractivity contribution is 14.0. The highest BCUT2D eigenvalue weighted by Gasteiger charge is 2.15. The van der Waals surface area contributed by atoms with Crippen LogP contribution >= 0.6 is 24.0 Å². The van der Waals surface area contributed by atoms with Crippen molar-refractivity contribution >= 4 is 29.9 Å². The van der Waals surface area contributed by atoms with Crippen molar-refractivity contribution in [2.75, 3.05) is 33.9 Å². The molecule has 1 aliphatic heterocycles. The Balaban J connectivity index is 0.00000320. The molecule has 0 bridgehead atoms.